The normalized spacial score (nSPS) is 9.78. The smallest absolute Gasteiger partial charge is 0.335 e. The molecule has 0 atom stereocenters. The Morgan fingerprint density at radius 3 is 2.22 bits per heavy atom. The molecule has 5 nitrogen and oxygen atoms in total. The lowest BCUT2D eigenvalue weighted by atomic mass is 10.2. The molecule has 0 unspecified atom stereocenters. The summed E-state index contributed by atoms with van der Waals surface area (Å²) in [4.78, 5) is 20.5. The van der Waals surface area contributed by atoms with E-state index in [-0.39, 0.29) is 17.1 Å². The molecule has 0 radical (unpaired) electrons. The second kappa shape index (κ2) is 5.09. The topological polar surface area (TPSA) is 76.0 Å². The fourth-order valence-electron chi connectivity index (χ4n) is 1.27. The molecule has 0 aliphatic rings. The third-order valence-corrected chi connectivity index (χ3v) is 2.19. The summed E-state index contributed by atoms with van der Waals surface area (Å²) in [6.07, 6.45) is 0. The molecule has 5 heteroatoms. The van der Waals surface area contributed by atoms with E-state index in [9.17, 15) is 9.90 Å². The number of hydrogen-bond donors (Lipinski definition) is 2. The molecule has 2 aromatic carbocycles. The number of rotatable bonds is 4. The molecule has 0 aromatic heterocycles. The van der Waals surface area contributed by atoms with Crippen molar-refractivity contribution in [2.75, 3.05) is 0 Å². The average Bonchev–Trinajstić information content (AvgIpc) is 2.38. The van der Waals surface area contributed by atoms with Gasteiger partial charge in [-0.05, 0) is 36.4 Å². The maximum atomic E-state index is 10.6. The summed E-state index contributed by atoms with van der Waals surface area (Å²) in [6, 6.07) is 12.1. The van der Waals surface area contributed by atoms with Gasteiger partial charge in [0.15, 0.2) is 11.5 Å². The zero-order valence-corrected chi connectivity index (χ0v) is 9.24. The van der Waals surface area contributed by atoms with Gasteiger partial charge in [0.25, 0.3) is 0 Å². The van der Waals surface area contributed by atoms with Crippen LogP contribution in [0.3, 0.4) is 0 Å². The van der Waals surface area contributed by atoms with Crippen LogP contribution in [0, 0.1) is 0 Å². The number of carboxylic acids is 1. The molecule has 2 N–H and O–H groups in total. The molecule has 0 bridgehead atoms. The first-order valence-electron chi connectivity index (χ1n) is 5.12. The van der Waals surface area contributed by atoms with E-state index in [4.69, 9.17) is 14.9 Å². The van der Waals surface area contributed by atoms with Gasteiger partial charge in [0.1, 0.15) is 0 Å². The van der Waals surface area contributed by atoms with Crippen LogP contribution in [0.1, 0.15) is 10.4 Å². The zero-order valence-electron chi connectivity index (χ0n) is 9.24. The molecule has 2 aromatic rings. The van der Waals surface area contributed by atoms with Crippen molar-refractivity contribution in [2.24, 2.45) is 0 Å². The lowest BCUT2D eigenvalue weighted by molar-refractivity contribution is -0.102. The molecule has 0 saturated carbocycles. The first-order valence-corrected chi connectivity index (χ1v) is 5.12. The molecule has 0 spiro atoms. The summed E-state index contributed by atoms with van der Waals surface area (Å²) in [5.41, 5.74) is 0.157. The quantitative estimate of drug-likeness (QED) is 0.640. The van der Waals surface area contributed by atoms with Crippen LogP contribution in [-0.4, -0.2) is 16.2 Å². The van der Waals surface area contributed by atoms with Crippen LogP contribution in [0.4, 0.5) is 0 Å². The number of phenolic OH excluding ortho intramolecular Hbond substituents is 1. The molecule has 0 amide bonds. The predicted octanol–water partition coefficient (Wildman–Crippen LogP) is 2.46. The van der Waals surface area contributed by atoms with Crippen molar-refractivity contribution in [1.29, 1.82) is 0 Å². The van der Waals surface area contributed by atoms with Gasteiger partial charge >= 0.3 is 5.97 Å². The lowest BCUT2D eigenvalue weighted by Crippen LogP contribution is -2.01. The van der Waals surface area contributed by atoms with Crippen LogP contribution in [0.15, 0.2) is 48.5 Å². The van der Waals surface area contributed by atoms with E-state index in [0.29, 0.717) is 5.75 Å². The van der Waals surface area contributed by atoms with Crippen LogP contribution >= 0.6 is 0 Å². The Hall–Kier alpha value is -2.69. The molecular formula is C13H10O5. The Kier molecular flexibility index (Phi) is 3.33. The van der Waals surface area contributed by atoms with Crippen molar-refractivity contribution in [1.82, 2.24) is 0 Å². The Labute approximate surface area is 103 Å². The number of carboxylic acid groups (broad SMARTS) is 1. The Morgan fingerprint density at radius 2 is 1.61 bits per heavy atom. The summed E-state index contributed by atoms with van der Waals surface area (Å²) < 4.78 is 0. The van der Waals surface area contributed by atoms with E-state index in [2.05, 4.69) is 0 Å². The lowest BCUT2D eigenvalue weighted by Gasteiger charge is -2.06. The highest BCUT2D eigenvalue weighted by Crippen LogP contribution is 2.25. The SMILES string of the molecule is O=C(O)c1ccc(OOc2ccccc2O)cc1. The minimum atomic E-state index is -1.01. The van der Waals surface area contributed by atoms with E-state index >= 15 is 0 Å². The molecule has 2 rings (SSSR count). The van der Waals surface area contributed by atoms with E-state index in [1.165, 1.54) is 30.3 Å². The number of para-hydroxylation sites is 2. The maximum absolute atomic E-state index is 10.6. The van der Waals surface area contributed by atoms with E-state index in [1.54, 1.807) is 18.2 Å². The van der Waals surface area contributed by atoms with Gasteiger partial charge in [-0.1, -0.05) is 12.1 Å². The van der Waals surface area contributed by atoms with Gasteiger partial charge in [0.2, 0.25) is 5.75 Å². The summed E-state index contributed by atoms with van der Waals surface area (Å²) in [6.45, 7) is 0. The summed E-state index contributed by atoms with van der Waals surface area (Å²) in [5.74, 6) is -0.536. The number of carbonyl (C=O) groups is 1. The van der Waals surface area contributed by atoms with Gasteiger partial charge in [-0.25, -0.2) is 4.79 Å². The van der Waals surface area contributed by atoms with Gasteiger partial charge in [-0.3, -0.25) is 9.78 Å². The van der Waals surface area contributed by atoms with Gasteiger partial charge in [-0.15, -0.1) is 0 Å². The number of aromatic carboxylic acids is 1. The van der Waals surface area contributed by atoms with Crippen molar-refractivity contribution in [3.63, 3.8) is 0 Å². The highest BCUT2D eigenvalue weighted by molar-refractivity contribution is 5.87. The monoisotopic (exact) mass is 246 g/mol. The average molecular weight is 246 g/mol. The van der Waals surface area contributed by atoms with Crippen molar-refractivity contribution < 1.29 is 24.8 Å². The highest BCUT2D eigenvalue weighted by Gasteiger charge is 2.05. The third-order valence-electron chi connectivity index (χ3n) is 2.19. The van der Waals surface area contributed by atoms with Crippen LogP contribution in [0.2, 0.25) is 0 Å². The number of benzene rings is 2. The van der Waals surface area contributed by atoms with Gasteiger partial charge < -0.3 is 10.2 Å². The van der Waals surface area contributed by atoms with Crippen molar-refractivity contribution >= 4 is 5.97 Å². The fourth-order valence-corrected chi connectivity index (χ4v) is 1.27. The minimum absolute atomic E-state index is 0.0420. The molecular weight excluding hydrogens is 236 g/mol. The first-order chi connectivity index (χ1) is 8.66. The van der Waals surface area contributed by atoms with E-state index in [0.717, 1.165) is 0 Å². The Balaban J connectivity index is 2.02. The second-order valence-corrected chi connectivity index (χ2v) is 3.46. The van der Waals surface area contributed by atoms with Crippen LogP contribution < -0.4 is 9.78 Å². The van der Waals surface area contributed by atoms with Crippen molar-refractivity contribution in [2.45, 2.75) is 0 Å². The molecule has 0 heterocycles. The number of phenols is 1. The standard InChI is InChI=1S/C13H10O5/c14-11-3-1-2-4-12(11)18-17-10-7-5-9(6-8-10)13(15)16/h1-8,14H,(H,15,16). The maximum Gasteiger partial charge on any atom is 0.335 e. The van der Waals surface area contributed by atoms with Crippen molar-refractivity contribution in [3.8, 4) is 17.2 Å². The molecule has 92 valence electrons. The summed E-state index contributed by atoms with van der Waals surface area (Å²) in [7, 11) is 0. The Morgan fingerprint density at radius 1 is 0.944 bits per heavy atom. The third kappa shape index (κ3) is 2.70. The number of aromatic hydroxyl groups is 1. The molecule has 0 aliphatic carbocycles. The zero-order chi connectivity index (χ0) is 13.0. The molecule has 0 saturated heterocycles. The summed E-state index contributed by atoms with van der Waals surface area (Å²) >= 11 is 0. The fraction of sp³-hybridized carbons (Fsp3) is 0. The van der Waals surface area contributed by atoms with Crippen LogP contribution in [-0.2, 0) is 0 Å². The molecule has 18 heavy (non-hydrogen) atoms. The second-order valence-electron chi connectivity index (χ2n) is 3.46. The number of hydrogen-bond acceptors (Lipinski definition) is 4. The summed E-state index contributed by atoms with van der Waals surface area (Å²) in [5, 5.41) is 18.1. The highest BCUT2D eigenvalue weighted by atomic mass is 17.2. The van der Waals surface area contributed by atoms with Crippen LogP contribution in [0.5, 0.6) is 17.2 Å². The van der Waals surface area contributed by atoms with Crippen LogP contribution in [0.25, 0.3) is 0 Å². The Bertz CT molecular complexity index is 548. The van der Waals surface area contributed by atoms with Gasteiger partial charge in [-0.2, -0.15) is 0 Å². The predicted molar refractivity (Wildman–Crippen MR) is 62.8 cm³/mol. The minimum Gasteiger partial charge on any atom is -0.504 e. The van der Waals surface area contributed by atoms with E-state index < -0.39 is 5.97 Å². The molecule has 0 fully saturated rings. The largest absolute Gasteiger partial charge is 0.504 e. The van der Waals surface area contributed by atoms with Gasteiger partial charge in [0, 0.05) is 0 Å². The van der Waals surface area contributed by atoms with Crippen molar-refractivity contribution in [3.05, 3.63) is 54.1 Å². The first kappa shape index (κ1) is 11.8. The van der Waals surface area contributed by atoms with E-state index in [1.807, 2.05) is 0 Å². The van der Waals surface area contributed by atoms with Gasteiger partial charge in [0.05, 0.1) is 5.56 Å². The molecule has 0 aliphatic heterocycles.